The van der Waals surface area contributed by atoms with Crippen molar-refractivity contribution in [1.82, 2.24) is 0 Å². The molecule has 3 nitrogen and oxygen atoms in total. The average molecular weight is 347 g/mol. The van der Waals surface area contributed by atoms with Crippen LogP contribution in [0.2, 0.25) is 0 Å². The highest BCUT2D eigenvalue weighted by molar-refractivity contribution is 5.98. The molecule has 0 spiro atoms. The Balaban J connectivity index is 1.65. The predicted octanol–water partition coefficient (Wildman–Crippen LogP) is 5.25. The molecule has 0 saturated carbocycles. The van der Waals surface area contributed by atoms with Gasteiger partial charge in [-0.3, -0.25) is 4.79 Å². The SMILES string of the molecule is CC(C)(C)c1ccc2occ(CC(=O)N3CCCc4ccccc43)c2c1. The van der Waals surface area contributed by atoms with Gasteiger partial charge in [0.2, 0.25) is 5.91 Å². The Morgan fingerprint density at radius 3 is 2.77 bits per heavy atom. The first-order valence-electron chi connectivity index (χ1n) is 9.32. The first-order chi connectivity index (χ1) is 12.4. The average Bonchev–Trinajstić information content (AvgIpc) is 3.02. The number of hydrogen-bond donors (Lipinski definition) is 0. The van der Waals surface area contributed by atoms with Gasteiger partial charge >= 0.3 is 0 Å². The van der Waals surface area contributed by atoms with Gasteiger partial charge in [0.1, 0.15) is 5.58 Å². The zero-order valence-electron chi connectivity index (χ0n) is 15.7. The normalized spacial score (nSPS) is 14.5. The Kier molecular flexibility index (Phi) is 4.10. The van der Waals surface area contributed by atoms with E-state index in [4.69, 9.17) is 4.42 Å². The van der Waals surface area contributed by atoms with Gasteiger partial charge in [-0.1, -0.05) is 45.0 Å². The van der Waals surface area contributed by atoms with Crippen LogP contribution in [-0.2, 0) is 23.1 Å². The van der Waals surface area contributed by atoms with Crippen molar-refractivity contribution in [3.8, 4) is 0 Å². The predicted molar refractivity (Wildman–Crippen MR) is 106 cm³/mol. The summed E-state index contributed by atoms with van der Waals surface area (Å²) in [7, 11) is 0. The van der Waals surface area contributed by atoms with Crippen LogP contribution in [0.25, 0.3) is 11.0 Å². The van der Waals surface area contributed by atoms with E-state index < -0.39 is 0 Å². The molecule has 0 bridgehead atoms. The molecule has 26 heavy (non-hydrogen) atoms. The lowest BCUT2D eigenvalue weighted by atomic mass is 9.86. The summed E-state index contributed by atoms with van der Waals surface area (Å²) >= 11 is 0. The van der Waals surface area contributed by atoms with Crippen molar-refractivity contribution in [1.29, 1.82) is 0 Å². The molecule has 3 aromatic rings. The third-order valence-corrected chi connectivity index (χ3v) is 5.27. The van der Waals surface area contributed by atoms with Crippen molar-refractivity contribution in [3.05, 3.63) is 65.4 Å². The van der Waals surface area contributed by atoms with Gasteiger partial charge in [-0.05, 0) is 47.6 Å². The van der Waals surface area contributed by atoms with E-state index in [0.29, 0.717) is 6.42 Å². The number of rotatable bonds is 2. The molecule has 3 heteroatoms. The van der Waals surface area contributed by atoms with Gasteiger partial charge in [0.05, 0.1) is 12.7 Å². The first kappa shape index (κ1) is 16.9. The van der Waals surface area contributed by atoms with Crippen LogP contribution in [0.1, 0.15) is 43.9 Å². The number of carbonyl (C=O) groups excluding carboxylic acids is 1. The lowest BCUT2D eigenvalue weighted by Crippen LogP contribution is -2.36. The van der Waals surface area contributed by atoms with Gasteiger partial charge in [0, 0.05) is 23.2 Å². The molecule has 1 aliphatic heterocycles. The van der Waals surface area contributed by atoms with Crippen LogP contribution >= 0.6 is 0 Å². The molecule has 0 radical (unpaired) electrons. The maximum atomic E-state index is 13.0. The molecule has 0 N–H and O–H groups in total. The van der Waals surface area contributed by atoms with Gasteiger partial charge in [-0.2, -0.15) is 0 Å². The standard InChI is InChI=1S/C23H25NO2/c1-23(2,3)18-10-11-21-19(14-18)17(15-26-21)13-22(25)24-12-6-8-16-7-4-5-9-20(16)24/h4-5,7,9-11,14-15H,6,8,12-13H2,1-3H3. The minimum Gasteiger partial charge on any atom is -0.464 e. The van der Waals surface area contributed by atoms with Gasteiger partial charge in [-0.15, -0.1) is 0 Å². The molecular weight excluding hydrogens is 322 g/mol. The van der Waals surface area contributed by atoms with E-state index in [1.807, 2.05) is 23.1 Å². The van der Waals surface area contributed by atoms with E-state index in [1.54, 1.807) is 6.26 Å². The number of amides is 1. The van der Waals surface area contributed by atoms with Gasteiger partial charge in [-0.25, -0.2) is 0 Å². The number of benzene rings is 2. The second-order valence-electron chi connectivity index (χ2n) is 8.18. The van der Waals surface area contributed by atoms with E-state index in [9.17, 15) is 4.79 Å². The highest BCUT2D eigenvalue weighted by Gasteiger charge is 2.24. The summed E-state index contributed by atoms with van der Waals surface area (Å²) in [4.78, 5) is 15.0. The molecule has 4 rings (SSSR count). The maximum absolute atomic E-state index is 13.0. The Bertz CT molecular complexity index is 962. The van der Waals surface area contributed by atoms with Crippen LogP contribution in [0.3, 0.4) is 0 Å². The van der Waals surface area contributed by atoms with Crippen molar-refractivity contribution < 1.29 is 9.21 Å². The van der Waals surface area contributed by atoms with Crippen LogP contribution in [0.4, 0.5) is 5.69 Å². The van der Waals surface area contributed by atoms with E-state index in [2.05, 4.69) is 45.0 Å². The smallest absolute Gasteiger partial charge is 0.231 e. The van der Waals surface area contributed by atoms with Crippen molar-refractivity contribution >= 4 is 22.6 Å². The number of nitrogens with zero attached hydrogens (tertiary/aromatic N) is 1. The molecule has 0 saturated heterocycles. The lowest BCUT2D eigenvalue weighted by Gasteiger charge is -2.29. The quantitative estimate of drug-likeness (QED) is 0.634. The molecule has 0 unspecified atom stereocenters. The molecule has 2 heterocycles. The molecular formula is C23H25NO2. The molecule has 0 aliphatic carbocycles. The molecule has 134 valence electrons. The van der Waals surface area contributed by atoms with Crippen LogP contribution in [-0.4, -0.2) is 12.5 Å². The number of anilines is 1. The van der Waals surface area contributed by atoms with E-state index in [1.165, 1.54) is 11.1 Å². The number of hydrogen-bond acceptors (Lipinski definition) is 2. The molecule has 2 aromatic carbocycles. The molecule has 1 aliphatic rings. The fourth-order valence-corrected chi connectivity index (χ4v) is 3.74. The Hall–Kier alpha value is -2.55. The summed E-state index contributed by atoms with van der Waals surface area (Å²) in [5, 5.41) is 1.05. The van der Waals surface area contributed by atoms with Gasteiger partial charge in [0.15, 0.2) is 0 Å². The number of fused-ring (bicyclic) bond motifs is 2. The van der Waals surface area contributed by atoms with Crippen LogP contribution < -0.4 is 4.90 Å². The minimum atomic E-state index is 0.0680. The maximum Gasteiger partial charge on any atom is 0.231 e. The molecule has 1 aromatic heterocycles. The minimum absolute atomic E-state index is 0.0680. The fourth-order valence-electron chi connectivity index (χ4n) is 3.74. The zero-order chi connectivity index (χ0) is 18.3. The Labute approximate surface area is 154 Å². The Morgan fingerprint density at radius 1 is 1.15 bits per heavy atom. The zero-order valence-corrected chi connectivity index (χ0v) is 15.7. The largest absolute Gasteiger partial charge is 0.464 e. The Morgan fingerprint density at radius 2 is 1.96 bits per heavy atom. The molecule has 1 amide bonds. The van der Waals surface area contributed by atoms with E-state index >= 15 is 0 Å². The lowest BCUT2D eigenvalue weighted by molar-refractivity contribution is -0.118. The summed E-state index contributed by atoms with van der Waals surface area (Å²) in [5.41, 5.74) is 5.46. The number of aryl methyl sites for hydroxylation is 1. The van der Waals surface area contributed by atoms with E-state index in [0.717, 1.165) is 41.6 Å². The topological polar surface area (TPSA) is 33.5 Å². The van der Waals surface area contributed by atoms with Crippen molar-refractivity contribution in [2.75, 3.05) is 11.4 Å². The highest BCUT2D eigenvalue weighted by Crippen LogP contribution is 2.31. The summed E-state index contributed by atoms with van der Waals surface area (Å²) in [6.45, 7) is 7.39. The molecule has 0 atom stereocenters. The third-order valence-electron chi connectivity index (χ3n) is 5.27. The fraction of sp³-hybridized carbons (Fsp3) is 0.348. The van der Waals surface area contributed by atoms with Crippen molar-refractivity contribution in [3.63, 3.8) is 0 Å². The van der Waals surface area contributed by atoms with Crippen molar-refractivity contribution in [2.45, 2.75) is 45.4 Å². The van der Waals surface area contributed by atoms with Crippen LogP contribution in [0, 0.1) is 0 Å². The summed E-state index contributed by atoms with van der Waals surface area (Å²) in [5.74, 6) is 0.140. The number of carbonyl (C=O) groups is 1. The summed E-state index contributed by atoms with van der Waals surface area (Å²) < 4.78 is 5.70. The second kappa shape index (κ2) is 6.31. The number of furan rings is 1. The van der Waals surface area contributed by atoms with Crippen LogP contribution in [0.15, 0.2) is 53.1 Å². The third kappa shape index (κ3) is 3.03. The summed E-state index contributed by atoms with van der Waals surface area (Å²) in [6.07, 6.45) is 4.17. The molecule has 0 fully saturated rings. The second-order valence-corrected chi connectivity index (χ2v) is 8.18. The highest BCUT2D eigenvalue weighted by atomic mass is 16.3. The first-order valence-corrected chi connectivity index (χ1v) is 9.32. The van der Waals surface area contributed by atoms with E-state index in [-0.39, 0.29) is 11.3 Å². The summed E-state index contributed by atoms with van der Waals surface area (Å²) in [6, 6.07) is 14.5. The van der Waals surface area contributed by atoms with Crippen molar-refractivity contribution in [2.24, 2.45) is 0 Å². The monoisotopic (exact) mass is 347 g/mol. The van der Waals surface area contributed by atoms with Crippen LogP contribution in [0.5, 0.6) is 0 Å². The van der Waals surface area contributed by atoms with Gasteiger partial charge < -0.3 is 9.32 Å². The van der Waals surface area contributed by atoms with Gasteiger partial charge in [0.25, 0.3) is 0 Å². The number of para-hydroxylation sites is 1.